The van der Waals surface area contributed by atoms with Crippen molar-refractivity contribution < 1.29 is 20.1 Å². The molecule has 72 valence electrons. The van der Waals surface area contributed by atoms with Gasteiger partial charge in [0.15, 0.2) is 0 Å². The highest BCUT2D eigenvalue weighted by Crippen LogP contribution is 2.23. The number of carbonyl (C=O) groups excluding carboxylic acids is 1. The van der Waals surface area contributed by atoms with Crippen molar-refractivity contribution in [2.75, 3.05) is 0 Å². The van der Waals surface area contributed by atoms with Gasteiger partial charge in [0.05, 0.1) is 0 Å². The highest BCUT2D eigenvalue weighted by molar-refractivity contribution is 5.72. The lowest BCUT2D eigenvalue weighted by atomic mass is 10.3. The quantitative estimate of drug-likeness (QED) is 0.569. The maximum absolute atomic E-state index is 9.44. The summed E-state index contributed by atoms with van der Waals surface area (Å²) in [7, 11) is 0. The predicted octanol–water partition coefficient (Wildman–Crippen LogP) is 1.40. The highest BCUT2D eigenvalue weighted by Gasteiger charge is 1.94. The molecule has 0 heterocycles. The molecule has 0 fully saturated rings. The van der Waals surface area contributed by atoms with Crippen LogP contribution in [0.15, 0.2) is 18.2 Å². The van der Waals surface area contributed by atoms with Crippen LogP contribution in [0.2, 0.25) is 0 Å². The Labute approximate surface area is 76.1 Å². The molecule has 1 aromatic rings. The van der Waals surface area contributed by atoms with Crippen LogP contribution in [-0.4, -0.2) is 21.1 Å². The molecule has 0 saturated heterocycles. The maximum atomic E-state index is 9.44. The van der Waals surface area contributed by atoms with Gasteiger partial charge in [-0.25, -0.2) is 0 Å². The van der Waals surface area contributed by atoms with Gasteiger partial charge in [-0.2, -0.15) is 0 Å². The summed E-state index contributed by atoms with van der Waals surface area (Å²) in [5.74, 6) is -0.271. The first-order chi connectivity index (χ1) is 5.91. The molecule has 4 nitrogen and oxygen atoms in total. The Bertz CT molecular complexity index is 239. The fourth-order valence-electron chi connectivity index (χ4n) is 0.580. The third kappa shape index (κ3) is 6.68. The van der Waals surface area contributed by atoms with Crippen LogP contribution in [0.1, 0.15) is 13.8 Å². The number of hydrogen-bond donors (Lipinski definition) is 3. The molecular weight excluding hydrogens is 172 g/mol. The molecule has 0 atom stereocenters. The molecule has 1 rings (SSSR count). The van der Waals surface area contributed by atoms with Crippen LogP contribution in [0.3, 0.4) is 0 Å². The number of Topliss-reactive ketones (excluding diaryl/α,β-unsaturated/α-hetero) is 1. The Morgan fingerprint density at radius 1 is 0.923 bits per heavy atom. The third-order valence-corrected chi connectivity index (χ3v) is 0.887. The van der Waals surface area contributed by atoms with Gasteiger partial charge >= 0.3 is 0 Å². The molecule has 0 saturated carbocycles. The van der Waals surface area contributed by atoms with Crippen molar-refractivity contribution in [1.82, 2.24) is 0 Å². The van der Waals surface area contributed by atoms with Crippen molar-refractivity contribution >= 4 is 5.78 Å². The molecule has 0 unspecified atom stereocenters. The van der Waals surface area contributed by atoms with E-state index in [9.17, 15) is 4.79 Å². The second-order valence-electron chi connectivity index (χ2n) is 2.62. The lowest BCUT2D eigenvalue weighted by Gasteiger charge is -1.94. The number of phenols is 3. The summed E-state index contributed by atoms with van der Waals surface area (Å²) in [5, 5.41) is 26.0. The minimum Gasteiger partial charge on any atom is -0.508 e. The number of rotatable bonds is 0. The van der Waals surface area contributed by atoms with E-state index >= 15 is 0 Å². The number of aromatic hydroxyl groups is 3. The number of hydrogen-bond acceptors (Lipinski definition) is 4. The van der Waals surface area contributed by atoms with E-state index in [4.69, 9.17) is 15.3 Å². The summed E-state index contributed by atoms with van der Waals surface area (Å²) in [6.45, 7) is 3.06. The SMILES string of the molecule is CC(C)=O.Oc1cc(O)cc(O)c1. The number of carbonyl (C=O) groups is 1. The van der Waals surface area contributed by atoms with Crippen LogP contribution in [0, 0.1) is 0 Å². The van der Waals surface area contributed by atoms with Crippen LogP contribution >= 0.6 is 0 Å². The van der Waals surface area contributed by atoms with Crippen molar-refractivity contribution in [1.29, 1.82) is 0 Å². The smallest absolute Gasteiger partial charge is 0.126 e. The van der Waals surface area contributed by atoms with Crippen molar-refractivity contribution in [3.05, 3.63) is 18.2 Å². The first kappa shape index (κ1) is 11.3. The normalized spacial score (nSPS) is 8.46. The molecule has 0 aliphatic heterocycles. The highest BCUT2D eigenvalue weighted by atomic mass is 16.3. The van der Waals surface area contributed by atoms with Crippen molar-refractivity contribution in [2.45, 2.75) is 13.8 Å². The fourth-order valence-corrected chi connectivity index (χ4v) is 0.580. The molecule has 0 radical (unpaired) electrons. The van der Waals surface area contributed by atoms with Crippen molar-refractivity contribution in [2.24, 2.45) is 0 Å². The molecular formula is C9H12O4. The zero-order valence-corrected chi connectivity index (χ0v) is 7.48. The second kappa shape index (κ2) is 5.03. The number of phenolic OH excluding ortho intramolecular Hbond substituents is 3. The summed E-state index contributed by atoms with van der Waals surface area (Å²) in [4.78, 5) is 9.44. The van der Waals surface area contributed by atoms with Gasteiger partial charge in [0, 0.05) is 18.2 Å². The molecule has 0 spiro atoms. The monoisotopic (exact) mass is 184 g/mol. The molecule has 3 N–H and O–H groups in total. The van der Waals surface area contributed by atoms with Crippen LogP contribution in [0.25, 0.3) is 0 Å². The molecule has 0 amide bonds. The van der Waals surface area contributed by atoms with Crippen LogP contribution in [0.4, 0.5) is 0 Å². The number of benzene rings is 1. The molecule has 0 bridgehead atoms. The van der Waals surface area contributed by atoms with Gasteiger partial charge < -0.3 is 20.1 Å². The van der Waals surface area contributed by atoms with Crippen LogP contribution in [-0.2, 0) is 4.79 Å². The average molecular weight is 184 g/mol. The zero-order chi connectivity index (χ0) is 10.4. The van der Waals surface area contributed by atoms with Crippen LogP contribution < -0.4 is 0 Å². The topological polar surface area (TPSA) is 77.8 Å². The van der Waals surface area contributed by atoms with E-state index in [1.54, 1.807) is 0 Å². The predicted molar refractivity (Wildman–Crippen MR) is 47.8 cm³/mol. The molecule has 4 heteroatoms. The Morgan fingerprint density at radius 2 is 1.08 bits per heavy atom. The van der Waals surface area contributed by atoms with Crippen molar-refractivity contribution in [3.8, 4) is 17.2 Å². The Hall–Kier alpha value is -1.71. The van der Waals surface area contributed by atoms with E-state index in [0.717, 1.165) is 18.2 Å². The van der Waals surface area contributed by atoms with Gasteiger partial charge in [-0.05, 0) is 13.8 Å². The largest absolute Gasteiger partial charge is 0.508 e. The Morgan fingerprint density at radius 3 is 1.23 bits per heavy atom. The first-order valence-corrected chi connectivity index (χ1v) is 3.61. The van der Waals surface area contributed by atoms with E-state index in [-0.39, 0.29) is 23.0 Å². The molecule has 0 aliphatic carbocycles. The van der Waals surface area contributed by atoms with E-state index in [0.29, 0.717) is 0 Å². The number of ketones is 1. The van der Waals surface area contributed by atoms with Gasteiger partial charge in [-0.15, -0.1) is 0 Å². The molecule has 0 aliphatic rings. The molecule has 13 heavy (non-hydrogen) atoms. The van der Waals surface area contributed by atoms with Gasteiger partial charge in [-0.1, -0.05) is 0 Å². The van der Waals surface area contributed by atoms with Gasteiger partial charge in [0.2, 0.25) is 0 Å². The summed E-state index contributed by atoms with van der Waals surface area (Å²) >= 11 is 0. The molecule has 0 aromatic heterocycles. The maximum Gasteiger partial charge on any atom is 0.126 e. The molecule has 1 aromatic carbocycles. The minimum absolute atomic E-state index is 0.146. The zero-order valence-electron chi connectivity index (χ0n) is 7.48. The summed E-state index contributed by atoms with van der Waals surface area (Å²) < 4.78 is 0. The summed E-state index contributed by atoms with van der Waals surface area (Å²) in [6.07, 6.45) is 0. The van der Waals surface area contributed by atoms with Gasteiger partial charge in [0.25, 0.3) is 0 Å². The van der Waals surface area contributed by atoms with E-state index in [2.05, 4.69) is 0 Å². The van der Waals surface area contributed by atoms with E-state index in [1.807, 2.05) is 0 Å². The lowest BCUT2D eigenvalue weighted by molar-refractivity contribution is -0.114. The van der Waals surface area contributed by atoms with Crippen LogP contribution in [0.5, 0.6) is 17.2 Å². The van der Waals surface area contributed by atoms with Gasteiger partial charge in [0.1, 0.15) is 23.0 Å². The standard InChI is InChI=1S/C6H6O3.C3H6O/c7-4-1-5(8)3-6(9)2-4;1-3(2)4/h1-3,7-9H;1-2H3. The lowest BCUT2D eigenvalue weighted by Crippen LogP contribution is -1.69. The van der Waals surface area contributed by atoms with Gasteiger partial charge in [-0.3, -0.25) is 0 Å². The fraction of sp³-hybridized carbons (Fsp3) is 0.222. The second-order valence-corrected chi connectivity index (χ2v) is 2.62. The average Bonchev–Trinajstić information content (AvgIpc) is 1.80. The van der Waals surface area contributed by atoms with E-state index < -0.39 is 0 Å². The first-order valence-electron chi connectivity index (χ1n) is 3.61. The third-order valence-electron chi connectivity index (χ3n) is 0.887. The van der Waals surface area contributed by atoms with Crippen molar-refractivity contribution in [3.63, 3.8) is 0 Å². The Balaban J connectivity index is 0.000000310. The minimum atomic E-state index is -0.146. The Kier molecular flexibility index (Phi) is 4.37. The summed E-state index contributed by atoms with van der Waals surface area (Å²) in [5.41, 5.74) is 0. The summed E-state index contributed by atoms with van der Waals surface area (Å²) in [6, 6.07) is 3.42. The van der Waals surface area contributed by atoms with E-state index in [1.165, 1.54) is 13.8 Å².